The van der Waals surface area contributed by atoms with Crippen LogP contribution >= 0.6 is 22.9 Å². The number of benzene rings is 3. The van der Waals surface area contributed by atoms with E-state index in [1.165, 1.54) is 11.3 Å². The van der Waals surface area contributed by atoms with E-state index in [0.717, 1.165) is 17.5 Å². The third-order valence-electron chi connectivity index (χ3n) is 7.13. The van der Waals surface area contributed by atoms with Gasteiger partial charge in [-0.05, 0) is 61.4 Å². The summed E-state index contributed by atoms with van der Waals surface area (Å²) in [6.45, 7) is 4.26. The first-order valence-corrected chi connectivity index (χ1v) is 15.5. The molecule has 1 aliphatic rings. The van der Waals surface area contributed by atoms with Gasteiger partial charge in [-0.1, -0.05) is 66.6 Å². The number of ether oxygens (including phenoxy) is 4. The number of allylic oxidation sites excluding steroid dienone is 1. The van der Waals surface area contributed by atoms with Crippen molar-refractivity contribution in [2.24, 2.45) is 4.99 Å². The van der Waals surface area contributed by atoms with Crippen molar-refractivity contribution < 1.29 is 23.7 Å². The van der Waals surface area contributed by atoms with E-state index in [1.54, 1.807) is 50.0 Å². The molecular formula is C34H33ClN2O6S. The predicted octanol–water partition coefficient (Wildman–Crippen LogP) is 5.83. The Balaban J connectivity index is 1.64. The van der Waals surface area contributed by atoms with Gasteiger partial charge < -0.3 is 18.9 Å². The van der Waals surface area contributed by atoms with E-state index in [0.29, 0.717) is 61.5 Å². The normalized spacial score (nSPS) is 14.6. The zero-order valence-corrected chi connectivity index (χ0v) is 26.5. The van der Waals surface area contributed by atoms with E-state index in [2.05, 4.69) is 0 Å². The summed E-state index contributed by atoms with van der Waals surface area (Å²) in [6.07, 6.45) is 3.09. The van der Waals surface area contributed by atoms with Crippen molar-refractivity contribution in [1.29, 1.82) is 0 Å². The van der Waals surface area contributed by atoms with E-state index < -0.39 is 12.0 Å². The third kappa shape index (κ3) is 6.44. The summed E-state index contributed by atoms with van der Waals surface area (Å²) in [7, 11) is 3.12. The Hall–Kier alpha value is -4.34. The largest absolute Gasteiger partial charge is 0.497 e. The minimum Gasteiger partial charge on any atom is -0.497 e. The molecule has 0 radical (unpaired) electrons. The highest BCUT2D eigenvalue weighted by Gasteiger charge is 2.36. The average molecular weight is 633 g/mol. The maximum atomic E-state index is 14.2. The molecule has 44 heavy (non-hydrogen) atoms. The molecule has 8 nitrogen and oxygen atoms in total. The molecule has 0 aliphatic carbocycles. The number of nitrogens with zero attached hydrogens (tertiary/aromatic N) is 2. The van der Waals surface area contributed by atoms with Crippen molar-refractivity contribution in [2.75, 3.05) is 20.8 Å². The lowest BCUT2D eigenvalue weighted by atomic mass is 9.93. The number of hydrogen-bond donors (Lipinski definition) is 0. The highest BCUT2D eigenvalue weighted by Crippen LogP contribution is 2.38. The van der Waals surface area contributed by atoms with Gasteiger partial charge in [0.25, 0.3) is 5.56 Å². The second kappa shape index (κ2) is 14.0. The van der Waals surface area contributed by atoms with Crippen molar-refractivity contribution in [2.45, 2.75) is 39.3 Å². The predicted molar refractivity (Wildman–Crippen MR) is 171 cm³/mol. The smallest absolute Gasteiger partial charge is 0.338 e. The Bertz CT molecular complexity index is 1890. The number of halogens is 1. The minimum atomic E-state index is -0.829. The number of esters is 1. The Labute approximate surface area is 264 Å². The zero-order chi connectivity index (χ0) is 31.2. The molecule has 0 saturated heterocycles. The molecule has 0 amide bonds. The Kier molecular flexibility index (Phi) is 9.87. The second-order valence-electron chi connectivity index (χ2n) is 9.97. The van der Waals surface area contributed by atoms with Crippen LogP contribution in [-0.4, -0.2) is 31.4 Å². The first-order chi connectivity index (χ1) is 21.4. The van der Waals surface area contributed by atoms with Crippen LogP contribution in [0.1, 0.15) is 49.4 Å². The van der Waals surface area contributed by atoms with Gasteiger partial charge in [0.15, 0.2) is 4.80 Å². The summed E-state index contributed by atoms with van der Waals surface area (Å²) < 4.78 is 24.7. The molecular weight excluding hydrogens is 600 g/mol. The molecule has 4 aromatic rings. The van der Waals surface area contributed by atoms with Crippen LogP contribution in [0.15, 0.2) is 87.8 Å². The average Bonchev–Trinajstić information content (AvgIpc) is 3.34. The van der Waals surface area contributed by atoms with Crippen molar-refractivity contribution in [3.05, 3.63) is 119 Å². The maximum Gasteiger partial charge on any atom is 0.338 e. The number of methoxy groups -OCH3 is 2. The molecule has 0 N–H and O–H groups in total. The number of carbonyl (C=O) groups excluding carboxylic acids is 1. The summed E-state index contributed by atoms with van der Waals surface area (Å²) in [4.78, 5) is 33.0. The van der Waals surface area contributed by atoms with Crippen molar-refractivity contribution in [3.8, 4) is 17.2 Å². The fraction of sp³-hybridized carbons (Fsp3) is 0.265. The monoisotopic (exact) mass is 632 g/mol. The Morgan fingerprint density at radius 2 is 1.84 bits per heavy atom. The van der Waals surface area contributed by atoms with Crippen molar-refractivity contribution in [3.63, 3.8) is 0 Å². The summed E-state index contributed by atoms with van der Waals surface area (Å²) in [6, 6.07) is 19.5. The fourth-order valence-electron chi connectivity index (χ4n) is 5.09. The molecule has 1 atom stereocenters. The van der Waals surface area contributed by atoms with Crippen LogP contribution < -0.4 is 29.1 Å². The lowest BCUT2D eigenvalue weighted by Crippen LogP contribution is -2.40. The topological polar surface area (TPSA) is 88.4 Å². The van der Waals surface area contributed by atoms with Crippen molar-refractivity contribution in [1.82, 2.24) is 4.57 Å². The van der Waals surface area contributed by atoms with Gasteiger partial charge in [-0.25, -0.2) is 9.79 Å². The molecule has 10 heteroatoms. The lowest BCUT2D eigenvalue weighted by molar-refractivity contribution is -0.139. The molecule has 1 aliphatic heterocycles. The first-order valence-electron chi connectivity index (χ1n) is 14.3. The molecule has 0 spiro atoms. The second-order valence-corrected chi connectivity index (χ2v) is 11.4. The zero-order valence-electron chi connectivity index (χ0n) is 25.0. The first kappa shape index (κ1) is 31.1. The summed E-state index contributed by atoms with van der Waals surface area (Å²) in [5.74, 6) is 1.19. The number of aromatic nitrogens is 1. The number of hydrogen-bond acceptors (Lipinski definition) is 8. The maximum absolute atomic E-state index is 14.2. The van der Waals surface area contributed by atoms with E-state index in [-0.39, 0.29) is 12.2 Å². The number of thiazole rings is 1. The van der Waals surface area contributed by atoms with Gasteiger partial charge in [0.2, 0.25) is 0 Å². The van der Waals surface area contributed by atoms with E-state index in [4.69, 9.17) is 35.5 Å². The van der Waals surface area contributed by atoms with Crippen LogP contribution in [0.2, 0.25) is 5.02 Å². The van der Waals surface area contributed by atoms with Crippen molar-refractivity contribution >= 4 is 35.0 Å². The van der Waals surface area contributed by atoms with Gasteiger partial charge >= 0.3 is 5.97 Å². The molecule has 1 aromatic heterocycles. The minimum absolute atomic E-state index is 0.184. The van der Waals surface area contributed by atoms with Crippen LogP contribution in [0.4, 0.5) is 0 Å². The van der Waals surface area contributed by atoms with Gasteiger partial charge in [0, 0.05) is 16.1 Å². The summed E-state index contributed by atoms with van der Waals surface area (Å²) >= 11 is 7.55. The van der Waals surface area contributed by atoms with E-state index in [9.17, 15) is 9.59 Å². The Morgan fingerprint density at radius 1 is 1.02 bits per heavy atom. The fourth-order valence-corrected chi connectivity index (χ4v) is 6.30. The molecule has 0 bridgehead atoms. The standard InChI is InChI=1S/C34H33ClN2O6S/c1-5-10-27-30(33(39)42-6-2)31(25-19-23(40-3)15-16-28(25)41-4)37-32(38)29(44-34(37)36-27)18-21-11-9-13-24(17-21)43-20-22-12-7-8-14-26(22)35/h7-9,11-19,31H,5-6,10,20H2,1-4H3/b29-18+/t31-/m0/s1. The number of fused-ring (bicyclic) bond motifs is 1. The summed E-state index contributed by atoms with van der Waals surface area (Å²) in [5, 5.41) is 0.636. The van der Waals surface area contributed by atoms with Gasteiger partial charge in [-0.15, -0.1) is 0 Å². The quantitative estimate of drug-likeness (QED) is 0.193. The van der Waals surface area contributed by atoms with Crippen LogP contribution in [-0.2, 0) is 16.1 Å². The van der Waals surface area contributed by atoms with Crippen LogP contribution in [0.3, 0.4) is 0 Å². The van der Waals surface area contributed by atoms with E-state index >= 15 is 0 Å². The Morgan fingerprint density at radius 3 is 2.57 bits per heavy atom. The highest BCUT2D eigenvalue weighted by molar-refractivity contribution is 7.07. The highest BCUT2D eigenvalue weighted by atomic mass is 35.5. The van der Waals surface area contributed by atoms with Crippen LogP contribution in [0.25, 0.3) is 6.08 Å². The molecule has 0 fully saturated rings. The van der Waals surface area contributed by atoms with Crippen LogP contribution in [0.5, 0.6) is 17.2 Å². The number of carbonyl (C=O) groups is 1. The van der Waals surface area contributed by atoms with Gasteiger partial charge in [0.1, 0.15) is 29.9 Å². The molecule has 0 unspecified atom stereocenters. The summed E-state index contributed by atoms with van der Waals surface area (Å²) in [5.41, 5.74) is 2.86. The number of rotatable bonds is 11. The molecule has 3 aromatic carbocycles. The molecule has 5 rings (SSSR count). The van der Waals surface area contributed by atoms with Gasteiger partial charge in [0.05, 0.1) is 36.6 Å². The van der Waals surface area contributed by atoms with Gasteiger partial charge in [-0.3, -0.25) is 9.36 Å². The van der Waals surface area contributed by atoms with Crippen LogP contribution in [0, 0.1) is 0 Å². The third-order valence-corrected chi connectivity index (χ3v) is 8.48. The molecule has 2 heterocycles. The SMILES string of the molecule is CCCC1=C(C(=O)OCC)[C@H](c2cc(OC)ccc2OC)n2c(s/c(=C/c3cccc(OCc4ccccc4Cl)c3)c2=O)=N1. The molecule has 228 valence electrons. The van der Waals surface area contributed by atoms with E-state index in [1.807, 2.05) is 55.5 Å². The molecule has 0 saturated carbocycles. The van der Waals surface area contributed by atoms with Gasteiger partial charge in [-0.2, -0.15) is 0 Å². The lowest BCUT2D eigenvalue weighted by Gasteiger charge is -2.27.